The highest BCUT2D eigenvalue weighted by Crippen LogP contribution is 2.26. The summed E-state index contributed by atoms with van der Waals surface area (Å²) in [6, 6.07) is 15.2. The molecule has 2 N–H and O–H groups in total. The number of carbonyl (C=O) groups is 1. The van der Waals surface area contributed by atoms with Crippen molar-refractivity contribution in [1.82, 2.24) is 0 Å². The third-order valence-corrected chi connectivity index (χ3v) is 6.52. The highest BCUT2D eigenvalue weighted by molar-refractivity contribution is 7.93. The van der Waals surface area contributed by atoms with Crippen LogP contribution >= 0.6 is 0 Å². The molecule has 0 heterocycles. The van der Waals surface area contributed by atoms with Gasteiger partial charge in [0.05, 0.1) is 17.0 Å². The van der Waals surface area contributed by atoms with Crippen molar-refractivity contribution in [2.75, 3.05) is 10.0 Å². The normalized spacial score (nSPS) is 15.5. The Kier molecular flexibility index (Phi) is 7.18. The maximum absolute atomic E-state index is 12.4. The van der Waals surface area contributed by atoms with Gasteiger partial charge in [0.2, 0.25) is 0 Å². The summed E-state index contributed by atoms with van der Waals surface area (Å²) in [4.78, 5) is 12.4. The van der Waals surface area contributed by atoms with Crippen molar-refractivity contribution in [1.29, 1.82) is 0 Å². The fourth-order valence-electron chi connectivity index (χ4n) is 3.33. The first-order valence-corrected chi connectivity index (χ1v) is 11.0. The monoisotopic (exact) mass is 384 g/mol. The van der Waals surface area contributed by atoms with E-state index in [1.165, 1.54) is 18.4 Å². The summed E-state index contributed by atoms with van der Waals surface area (Å²) in [6.07, 6.45) is 7.80. The third kappa shape index (κ3) is 5.75. The Labute approximate surface area is 165 Å². The Morgan fingerprint density at radius 1 is 1.04 bits per heavy atom. The van der Waals surface area contributed by atoms with Crippen LogP contribution in [0.4, 0.5) is 11.4 Å². The second kappa shape index (κ2) is 9.81. The first-order chi connectivity index (χ1) is 13.2. The number of anilines is 2. The summed E-state index contributed by atoms with van der Waals surface area (Å²) in [6.45, 7) is 2.18. The van der Waals surface area contributed by atoms with E-state index in [2.05, 4.69) is 29.1 Å². The van der Waals surface area contributed by atoms with E-state index in [1.807, 2.05) is 24.3 Å². The van der Waals surface area contributed by atoms with Crippen molar-refractivity contribution in [3.05, 3.63) is 59.7 Å². The molecule has 1 atom stereocenters. The van der Waals surface area contributed by atoms with Gasteiger partial charge in [-0.15, -0.1) is 0 Å². The van der Waals surface area contributed by atoms with Crippen molar-refractivity contribution < 1.29 is 9.35 Å². The molecule has 0 saturated heterocycles. The molecule has 1 unspecified atom stereocenters. The van der Waals surface area contributed by atoms with Gasteiger partial charge in [0.15, 0.2) is 0 Å². The minimum Gasteiger partial charge on any atom is -0.593 e. The van der Waals surface area contributed by atoms with Crippen molar-refractivity contribution in [3.63, 3.8) is 0 Å². The molecule has 5 heteroatoms. The summed E-state index contributed by atoms with van der Waals surface area (Å²) in [5.41, 5.74) is 3.46. The van der Waals surface area contributed by atoms with Crippen molar-refractivity contribution in [2.45, 2.75) is 57.1 Å². The van der Waals surface area contributed by atoms with Crippen LogP contribution in [0.15, 0.2) is 48.5 Å². The molecule has 1 fully saturated rings. The largest absolute Gasteiger partial charge is 0.593 e. The summed E-state index contributed by atoms with van der Waals surface area (Å²) in [7, 11) is 0. The Bertz CT molecular complexity index is 725. The van der Waals surface area contributed by atoms with Crippen LogP contribution in [0.5, 0.6) is 0 Å². The Morgan fingerprint density at radius 3 is 2.30 bits per heavy atom. The van der Waals surface area contributed by atoms with E-state index in [-0.39, 0.29) is 11.2 Å². The minimum absolute atomic E-state index is 0.139. The van der Waals surface area contributed by atoms with Gasteiger partial charge in [0.1, 0.15) is 5.25 Å². The molecule has 1 aliphatic carbocycles. The quantitative estimate of drug-likeness (QED) is 0.607. The summed E-state index contributed by atoms with van der Waals surface area (Å²) >= 11 is -1.05. The van der Waals surface area contributed by atoms with E-state index in [9.17, 15) is 9.35 Å². The fraction of sp³-hybridized carbons (Fsp3) is 0.409. The summed E-state index contributed by atoms with van der Waals surface area (Å²) < 4.78 is 15.4. The highest BCUT2D eigenvalue weighted by Gasteiger charge is 2.27. The van der Waals surface area contributed by atoms with Gasteiger partial charge >= 0.3 is 0 Å². The number of carbonyl (C=O) groups excluding carboxylic acids is 1. The molecule has 4 nitrogen and oxygen atoms in total. The van der Waals surface area contributed by atoms with E-state index >= 15 is 0 Å². The molecule has 0 aromatic heterocycles. The lowest BCUT2D eigenvalue weighted by atomic mass is 10.1. The number of rotatable bonds is 8. The lowest BCUT2D eigenvalue weighted by molar-refractivity contribution is 0.102. The standard InChI is InChI=1S/C22H28N2O2S/c1-2-3-6-17-9-13-19(14-10-17)23-22(25)18-11-15-20(16-12-18)24-27(26)21-7-4-5-8-21/h9-16,21,24H,2-8H2,1H3,(H,23,25). The zero-order chi connectivity index (χ0) is 19.1. The van der Waals surface area contributed by atoms with Crippen LogP contribution in [-0.2, 0) is 17.8 Å². The minimum atomic E-state index is -1.05. The molecule has 27 heavy (non-hydrogen) atoms. The zero-order valence-corrected chi connectivity index (χ0v) is 16.7. The molecular weight excluding hydrogens is 356 g/mol. The first kappa shape index (κ1) is 19.8. The van der Waals surface area contributed by atoms with Crippen LogP contribution in [-0.4, -0.2) is 15.7 Å². The average molecular weight is 385 g/mol. The maximum atomic E-state index is 12.4. The first-order valence-electron chi connectivity index (χ1n) is 9.83. The number of aryl methyl sites for hydroxylation is 1. The van der Waals surface area contributed by atoms with Gasteiger partial charge in [-0.2, -0.15) is 0 Å². The van der Waals surface area contributed by atoms with Gasteiger partial charge in [-0.05, 0) is 80.5 Å². The molecule has 1 amide bonds. The van der Waals surface area contributed by atoms with Gasteiger partial charge < -0.3 is 9.87 Å². The van der Waals surface area contributed by atoms with Crippen LogP contribution in [0.25, 0.3) is 0 Å². The molecule has 0 radical (unpaired) electrons. The van der Waals surface area contributed by atoms with Crippen LogP contribution in [0, 0.1) is 0 Å². The molecule has 1 saturated carbocycles. The van der Waals surface area contributed by atoms with E-state index in [0.717, 1.165) is 43.5 Å². The van der Waals surface area contributed by atoms with E-state index in [1.54, 1.807) is 12.1 Å². The maximum Gasteiger partial charge on any atom is 0.255 e. The lowest BCUT2D eigenvalue weighted by Crippen LogP contribution is -2.25. The highest BCUT2D eigenvalue weighted by atomic mass is 32.2. The smallest absolute Gasteiger partial charge is 0.255 e. The molecular formula is C22H28N2O2S. The number of hydrogen-bond acceptors (Lipinski definition) is 3. The summed E-state index contributed by atoms with van der Waals surface area (Å²) in [5, 5.41) is 3.17. The van der Waals surface area contributed by atoms with Crippen molar-refractivity contribution in [3.8, 4) is 0 Å². The molecule has 2 aromatic rings. The van der Waals surface area contributed by atoms with E-state index in [4.69, 9.17) is 0 Å². The third-order valence-electron chi connectivity index (χ3n) is 5.00. The second-order valence-corrected chi connectivity index (χ2v) is 8.60. The molecule has 0 bridgehead atoms. The van der Waals surface area contributed by atoms with Crippen LogP contribution in [0.2, 0.25) is 0 Å². The average Bonchev–Trinajstić information content (AvgIpc) is 3.23. The van der Waals surface area contributed by atoms with Gasteiger partial charge in [-0.1, -0.05) is 25.5 Å². The van der Waals surface area contributed by atoms with Crippen LogP contribution in [0.3, 0.4) is 0 Å². The molecule has 1 aliphatic rings. The molecule has 2 aromatic carbocycles. The van der Waals surface area contributed by atoms with Gasteiger partial charge in [0.25, 0.3) is 5.91 Å². The number of nitrogens with one attached hydrogen (secondary N) is 2. The Balaban J connectivity index is 1.53. The predicted octanol–water partition coefficient (Wildman–Crippen LogP) is 5.30. The van der Waals surface area contributed by atoms with Gasteiger partial charge in [-0.25, -0.2) is 4.72 Å². The Hall–Kier alpha value is -1.98. The summed E-state index contributed by atoms with van der Waals surface area (Å²) in [5.74, 6) is -0.139. The number of unbranched alkanes of at least 4 members (excludes halogenated alkanes) is 1. The number of benzene rings is 2. The van der Waals surface area contributed by atoms with Crippen LogP contribution in [0.1, 0.15) is 61.4 Å². The topological polar surface area (TPSA) is 64.2 Å². The van der Waals surface area contributed by atoms with Crippen molar-refractivity contribution in [2.24, 2.45) is 0 Å². The molecule has 3 rings (SSSR count). The molecule has 0 aliphatic heterocycles. The zero-order valence-electron chi connectivity index (χ0n) is 15.9. The fourth-order valence-corrected chi connectivity index (χ4v) is 4.63. The molecule has 144 valence electrons. The molecule has 0 spiro atoms. The predicted molar refractivity (Wildman–Crippen MR) is 113 cm³/mol. The Morgan fingerprint density at radius 2 is 1.67 bits per heavy atom. The lowest BCUT2D eigenvalue weighted by Gasteiger charge is -2.17. The van der Waals surface area contributed by atoms with Crippen LogP contribution < -0.4 is 10.0 Å². The number of hydrogen-bond donors (Lipinski definition) is 2. The van der Waals surface area contributed by atoms with Crippen molar-refractivity contribution >= 4 is 28.6 Å². The SMILES string of the molecule is CCCCc1ccc(NC(=O)c2ccc(N[S+]([O-])C3CCCC3)cc2)cc1. The van der Waals surface area contributed by atoms with Gasteiger partial charge in [0, 0.05) is 11.3 Å². The number of amides is 1. The van der Waals surface area contributed by atoms with E-state index in [0.29, 0.717) is 5.56 Å². The second-order valence-electron chi connectivity index (χ2n) is 7.14. The van der Waals surface area contributed by atoms with E-state index < -0.39 is 11.4 Å². The van der Waals surface area contributed by atoms with Gasteiger partial charge in [-0.3, -0.25) is 4.79 Å².